The number of ether oxygens (including phenoxy) is 1. The molecule has 0 saturated carbocycles. The number of amides is 2. The average molecular weight is 465 g/mol. The number of carbonyl (C=O) groups is 3. The molecule has 3 aliphatic heterocycles. The van der Waals surface area contributed by atoms with Crippen molar-refractivity contribution in [3.8, 4) is 0 Å². The minimum absolute atomic E-state index is 0.0549. The summed E-state index contributed by atoms with van der Waals surface area (Å²) in [5, 5.41) is 12.6. The number of alkyl halides is 3. The second-order valence-corrected chi connectivity index (χ2v) is 8.18. The van der Waals surface area contributed by atoms with Gasteiger partial charge >= 0.3 is 12.1 Å². The van der Waals surface area contributed by atoms with Crippen molar-refractivity contribution in [3.05, 3.63) is 11.1 Å². The van der Waals surface area contributed by atoms with E-state index in [1.807, 2.05) is 4.90 Å². The summed E-state index contributed by atoms with van der Waals surface area (Å²) in [5.41, 5.74) is 0.378. The van der Waals surface area contributed by atoms with E-state index in [1.165, 1.54) is 11.5 Å². The summed E-state index contributed by atoms with van der Waals surface area (Å²) in [6.07, 6.45) is -4.64. The van der Waals surface area contributed by atoms with Gasteiger partial charge in [0.05, 0.1) is 18.1 Å². The number of piperazine rings is 1. The van der Waals surface area contributed by atoms with E-state index in [0.29, 0.717) is 25.2 Å². The molecule has 4 heterocycles. The van der Waals surface area contributed by atoms with Gasteiger partial charge in [-0.2, -0.15) is 13.2 Å². The Hall–Kier alpha value is -2.32. The monoisotopic (exact) mass is 465 g/mol. The molecule has 10 nitrogen and oxygen atoms in total. The molecular weight excluding hydrogens is 443 g/mol. The summed E-state index contributed by atoms with van der Waals surface area (Å²) in [7, 11) is 2.07. The number of halogens is 3. The second kappa shape index (κ2) is 9.44. The van der Waals surface area contributed by atoms with Crippen molar-refractivity contribution in [3.63, 3.8) is 0 Å². The predicted octanol–water partition coefficient (Wildman–Crippen LogP) is 0.175. The number of likely N-dealkylation sites (tertiary alicyclic amines) is 1. The number of rotatable bonds is 2. The molecule has 3 fully saturated rings. The fourth-order valence-corrected chi connectivity index (χ4v) is 4.19. The molecule has 0 spiro atoms. The fourth-order valence-electron chi connectivity index (χ4n) is 3.76. The molecule has 1 aromatic rings. The first-order valence-corrected chi connectivity index (χ1v) is 10.4. The third kappa shape index (κ3) is 5.68. The van der Waals surface area contributed by atoms with Gasteiger partial charge in [0.1, 0.15) is 0 Å². The van der Waals surface area contributed by atoms with Gasteiger partial charge in [0, 0.05) is 44.6 Å². The molecule has 3 saturated heterocycles. The van der Waals surface area contributed by atoms with Crippen LogP contribution in [0.4, 0.5) is 13.2 Å². The van der Waals surface area contributed by atoms with Crippen LogP contribution in [-0.2, 0) is 14.3 Å². The molecule has 14 heteroatoms. The number of carbonyl (C=O) groups excluding carboxylic acids is 2. The molecule has 4 rings (SSSR count). The maximum atomic E-state index is 12.9. The van der Waals surface area contributed by atoms with Gasteiger partial charge in [0.15, 0.2) is 5.69 Å². The van der Waals surface area contributed by atoms with Gasteiger partial charge in [-0.1, -0.05) is 4.49 Å². The number of likely N-dealkylation sites (N-methyl/N-ethyl adjacent to an activating group) is 1. The summed E-state index contributed by atoms with van der Waals surface area (Å²) in [4.78, 5) is 40.2. The van der Waals surface area contributed by atoms with Crippen LogP contribution >= 0.6 is 11.5 Å². The maximum absolute atomic E-state index is 12.9. The number of aliphatic carboxylic acids is 1. The fraction of sp³-hybridized carbons (Fsp3) is 0.706. The lowest BCUT2D eigenvalue weighted by Crippen LogP contribution is -2.51. The van der Waals surface area contributed by atoms with E-state index in [9.17, 15) is 22.8 Å². The van der Waals surface area contributed by atoms with Crippen LogP contribution in [0, 0.1) is 5.92 Å². The van der Waals surface area contributed by atoms with E-state index in [2.05, 4.69) is 21.5 Å². The van der Waals surface area contributed by atoms with Crippen molar-refractivity contribution in [1.29, 1.82) is 0 Å². The van der Waals surface area contributed by atoms with Crippen molar-refractivity contribution in [1.82, 2.24) is 24.3 Å². The summed E-state index contributed by atoms with van der Waals surface area (Å²) in [6, 6.07) is 0. The zero-order valence-corrected chi connectivity index (χ0v) is 17.4. The lowest BCUT2D eigenvalue weighted by Gasteiger charge is -2.35. The first kappa shape index (κ1) is 23.3. The zero-order valence-electron chi connectivity index (χ0n) is 16.6. The smallest absolute Gasteiger partial charge is 0.475 e. The first-order chi connectivity index (χ1) is 14.6. The van der Waals surface area contributed by atoms with Crippen LogP contribution in [0.1, 0.15) is 16.9 Å². The normalized spacial score (nSPS) is 26.3. The van der Waals surface area contributed by atoms with E-state index in [1.54, 1.807) is 10.3 Å². The molecule has 1 aromatic heterocycles. The molecule has 1 N–H and O–H groups in total. The minimum Gasteiger partial charge on any atom is -0.475 e. The molecule has 2 amide bonds. The van der Waals surface area contributed by atoms with Crippen LogP contribution < -0.4 is 0 Å². The molecule has 0 radical (unpaired) electrons. The van der Waals surface area contributed by atoms with Gasteiger partial charge in [-0.3, -0.25) is 9.59 Å². The topological polar surface area (TPSA) is 116 Å². The molecule has 2 bridgehead atoms. The number of carboxylic acid groups (broad SMARTS) is 1. The summed E-state index contributed by atoms with van der Waals surface area (Å²) >= 11 is 1.17. The highest BCUT2D eigenvalue weighted by molar-refractivity contribution is 7.03. The largest absolute Gasteiger partial charge is 0.490 e. The Morgan fingerprint density at radius 3 is 2.35 bits per heavy atom. The second-order valence-electron chi connectivity index (χ2n) is 7.57. The number of fused-ring (bicyclic) bond motifs is 2. The lowest BCUT2D eigenvalue weighted by atomic mass is 9.98. The standard InChI is InChI=1S/C15H21N5O3S.C2HF3O2/c1-18-2-4-19(5-3-18)14(21)11-6-10-7-20(8-13(11)23-10)15(22)12-9-24-17-16-12;3-2(4,5)1(6)7/h9-11,13H,2-8H2,1H3;(H,6,7). The van der Waals surface area contributed by atoms with Crippen molar-refractivity contribution in [2.24, 2.45) is 5.92 Å². The predicted molar refractivity (Wildman–Crippen MR) is 100 cm³/mol. The Labute approximate surface area is 179 Å². The quantitative estimate of drug-likeness (QED) is 0.658. The number of morpholine rings is 1. The molecule has 0 aromatic carbocycles. The van der Waals surface area contributed by atoms with E-state index in [0.717, 1.165) is 26.2 Å². The summed E-state index contributed by atoms with van der Waals surface area (Å²) in [6.45, 7) is 4.35. The molecule has 3 aliphatic rings. The van der Waals surface area contributed by atoms with E-state index in [-0.39, 0.29) is 29.9 Å². The van der Waals surface area contributed by atoms with Crippen LogP contribution in [0.5, 0.6) is 0 Å². The third-order valence-corrected chi connectivity index (χ3v) is 5.90. The number of hydrogen-bond acceptors (Lipinski definition) is 8. The zero-order chi connectivity index (χ0) is 22.8. The molecule has 31 heavy (non-hydrogen) atoms. The van der Waals surface area contributed by atoms with Gasteiger partial charge in [0.2, 0.25) is 5.91 Å². The molecule has 3 atom stereocenters. The first-order valence-electron chi connectivity index (χ1n) is 9.55. The summed E-state index contributed by atoms with van der Waals surface area (Å²) < 4.78 is 41.4. The van der Waals surface area contributed by atoms with E-state index < -0.39 is 12.1 Å². The summed E-state index contributed by atoms with van der Waals surface area (Å²) in [5.74, 6) is -2.83. The van der Waals surface area contributed by atoms with Crippen LogP contribution in [0.3, 0.4) is 0 Å². The van der Waals surface area contributed by atoms with Gasteiger partial charge in [-0.15, -0.1) is 5.10 Å². The van der Waals surface area contributed by atoms with E-state index >= 15 is 0 Å². The van der Waals surface area contributed by atoms with E-state index in [4.69, 9.17) is 14.6 Å². The van der Waals surface area contributed by atoms with Gasteiger partial charge in [0.25, 0.3) is 5.91 Å². The average Bonchev–Trinajstić information content (AvgIpc) is 3.35. The van der Waals surface area contributed by atoms with Crippen LogP contribution in [0.15, 0.2) is 5.38 Å². The lowest BCUT2D eigenvalue weighted by molar-refractivity contribution is -0.192. The number of nitrogens with zero attached hydrogens (tertiary/aromatic N) is 5. The Kier molecular flexibility index (Phi) is 7.11. The Morgan fingerprint density at radius 1 is 1.16 bits per heavy atom. The highest BCUT2D eigenvalue weighted by Gasteiger charge is 2.47. The van der Waals surface area contributed by atoms with Gasteiger partial charge in [-0.05, 0) is 25.0 Å². The van der Waals surface area contributed by atoms with Crippen molar-refractivity contribution in [2.75, 3.05) is 46.3 Å². The van der Waals surface area contributed by atoms with Gasteiger partial charge < -0.3 is 24.5 Å². The van der Waals surface area contributed by atoms with Gasteiger partial charge in [-0.25, -0.2) is 4.79 Å². The van der Waals surface area contributed by atoms with Crippen molar-refractivity contribution >= 4 is 29.3 Å². The van der Waals surface area contributed by atoms with Crippen LogP contribution in [-0.4, -0.2) is 112 Å². The number of aromatic nitrogens is 2. The van der Waals surface area contributed by atoms with Crippen molar-refractivity contribution < 1.29 is 37.4 Å². The van der Waals surface area contributed by atoms with Crippen LogP contribution in [0.2, 0.25) is 0 Å². The number of hydrogen-bond donors (Lipinski definition) is 1. The SMILES string of the molecule is CN1CCN(C(=O)C2CC3CN(C(=O)c4csnn4)CC2O3)CC1.O=C(O)C(F)(F)F. The molecular formula is C17H22F3N5O5S. The molecule has 3 unspecified atom stereocenters. The highest BCUT2D eigenvalue weighted by Crippen LogP contribution is 2.34. The highest BCUT2D eigenvalue weighted by atomic mass is 32.1. The Balaban J connectivity index is 0.000000339. The Morgan fingerprint density at radius 2 is 1.81 bits per heavy atom. The Bertz CT molecular complexity index is 801. The maximum Gasteiger partial charge on any atom is 0.490 e. The molecule has 172 valence electrons. The number of carboxylic acids is 1. The van der Waals surface area contributed by atoms with Crippen LogP contribution in [0.25, 0.3) is 0 Å². The van der Waals surface area contributed by atoms with Crippen molar-refractivity contribution in [2.45, 2.75) is 24.8 Å². The minimum atomic E-state index is -5.08. The third-order valence-electron chi connectivity index (χ3n) is 5.40. The molecule has 0 aliphatic carbocycles.